The molecule has 0 aromatic carbocycles. The second-order valence-electron chi connectivity index (χ2n) is 7.70. The van der Waals surface area contributed by atoms with Gasteiger partial charge in [0.2, 0.25) is 5.91 Å². The lowest BCUT2D eigenvalue weighted by molar-refractivity contribution is -0.135. The number of rotatable bonds is 4. The molecule has 3 aliphatic rings. The van der Waals surface area contributed by atoms with Crippen molar-refractivity contribution in [3.05, 3.63) is 12.4 Å². The zero-order valence-electron chi connectivity index (χ0n) is 15.4. The van der Waals surface area contributed by atoms with Crippen molar-refractivity contribution in [1.29, 1.82) is 0 Å². The Kier molecular flexibility index (Phi) is 5.24. The van der Waals surface area contributed by atoms with Crippen LogP contribution in [0.25, 0.3) is 0 Å². The fourth-order valence-electron chi connectivity index (χ4n) is 4.55. The summed E-state index contributed by atoms with van der Waals surface area (Å²) in [7, 11) is 0. The summed E-state index contributed by atoms with van der Waals surface area (Å²) in [6, 6.07) is 2.21. The summed E-state index contributed by atoms with van der Waals surface area (Å²) in [6.45, 7) is 4.72. The molecular weight excluding hydrogens is 330 g/mol. The highest BCUT2D eigenvalue weighted by atomic mass is 16.3. The van der Waals surface area contributed by atoms with E-state index in [9.17, 15) is 9.90 Å². The molecule has 0 spiro atoms. The zero-order valence-corrected chi connectivity index (χ0v) is 15.4. The Hall–Kier alpha value is -1.89. The van der Waals surface area contributed by atoms with E-state index < -0.39 is 0 Å². The van der Waals surface area contributed by atoms with Crippen LogP contribution >= 0.6 is 0 Å². The molecule has 0 aliphatic carbocycles. The van der Waals surface area contributed by atoms with Crippen LogP contribution < -0.4 is 9.80 Å². The van der Waals surface area contributed by atoms with Crippen molar-refractivity contribution in [3.63, 3.8) is 0 Å². The second-order valence-corrected chi connectivity index (χ2v) is 7.70. The van der Waals surface area contributed by atoms with Crippen molar-refractivity contribution in [1.82, 2.24) is 14.9 Å². The summed E-state index contributed by atoms with van der Waals surface area (Å²) in [4.78, 5) is 28.0. The number of aromatic nitrogens is 2. The lowest BCUT2D eigenvalue weighted by atomic mass is 9.95. The van der Waals surface area contributed by atoms with Crippen molar-refractivity contribution >= 4 is 17.5 Å². The molecule has 26 heavy (non-hydrogen) atoms. The number of likely N-dealkylation sites (tertiary alicyclic amines) is 1. The van der Waals surface area contributed by atoms with Crippen molar-refractivity contribution in [2.75, 3.05) is 49.1 Å². The average Bonchev–Trinajstić information content (AvgIpc) is 3.39. The molecule has 1 aromatic rings. The molecule has 1 atom stereocenters. The minimum Gasteiger partial charge on any atom is -0.394 e. The number of carbonyl (C=O) groups is 1. The molecule has 4 heterocycles. The number of aliphatic hydroxyl groups excluding tert-OH is 1. The van der Waals surface area contributed by atoms with Gasteiger partial charge in [-0.3, -0.25) is 4.79 Å². The van der Waals surface area contributed by atoms with E-state index in [2.05, 4.69) is 19.8 Å². The number of amides is 1. The molecule has 3 saturated heterocycles. The van der Waals surface area contributed by atoms with Gasteiger partial charge in [-0.05, 0) is 38.5 Å². The minimum absolute atomic E-state index is 0.168. The van der Waals surface area contributed by atoms with E-state index in [4.69, 9.17) is 0 Å². The normalized spacial score (nSPS) is 24.5. The molecule has 7 heteroatoms. The largest absolute Gasteiger partial charge is 0.394 e. The van der Waals surface area contributed by atoms with Gasteiger partial charge in [0.1, 0.15) is 18.0 Å². The highest BCUT2D eigenvalue weighted by Gasteiger charge is 2.31. The van der Waals surface area contributed by atoms with Crippen LogP contribution in [0, 0.1) is 5.92 Å². The van der Waals surface area contributed by atoms with Gasteiger partial charge >= 0.3 is 0 Å². The van der Waals surface area contributed by atoms with E-state index in [1.807, 2.05) is 11.0 Å². The molecule has 1 unspecified atom stereocenters. The Morgan fingerprint density at radius 3 is 2.46 bits per heavy atom. The van der Waals surface area contributed by atoms with Crippen molar-refractivity contribution in [2.24, 2.45) is 5.92 Å². The van der Waals surface area contributed by atoms with Gasteiger partial charge in [0.25, 0.3) is 0 Å². The zero-order chi connectivity index (χ0) is 17.9. The molecule has 0 saturated carbocycles. The van der Waals surface area contributed by atoms with Crippen LogP contribution in [-0.4, -0.2) is 71.3 Å². The summed E-state index contributed by atoms with van der Waals surface area (Å²) in [5.41, 5.74) is 0. The van der Waals surface area contributed by atoms with Crippen LogP contribution in [0.5, 0.6) is 0 Å². The predicted octanol–water partition coefficient (Wildman–Crippen LogP) is 1.28. The highest BCUT2D eigenvalue weighted by Crippen LogP contribution is 2.28. The van der Waals surface area contributed by atoms with E-state index in [1.54, 1.807) is 6.33 Å². The first-order valence-electron chi connectivity index (χ1n) is 9.99. The first kappa shape index (κ1) is 17.5. The average molecular weight is 359 g/mol. The molecule has 4 rings (SSSR count). The van der Waals surface area contributed by atoms with Gasteiger partial charge < -0.3 is 19.8 Å². The van der Waals surface area contributed by atoms with Crippen molar-refractivity contribution < 1.29 is 9.90 Å². The second kappa shape index (κ2) is 7.78. The van der Waals surface area contributed by atoms with Gasteiger partial charge in [-0.2, -0.15) is 0 Å². The molecule has 3 fully saturated rings. The summed E-state index contributed by atoms with van der Waals surface area (Å²) in [5, 5.41) is 9.56. The smallest absolute Gasteiger partial charge is 0.225 e. The third kappa shape index (κ3) is 3.49. The standard InChI is InChI=1S/C19H29N5O2/c25-13-16-4-3-9-24(16)18-12-17(20-14-21-18)22-10-5-15(6-11-22)19(26)23-7-1-2-8-23/h12,14-16,25H,1-11,13H2. The number of anilines is 2. The topological polar surface area (TPSA) is 72.8 Å². The molecule has 0 radical (unpaired) electrons. The number of piperidine rings is 1. The number of aliphatic hydroxyl groups is 1. The van der Waals surface area contributed by atoms with Crippen LogP contribution in [0.4, 0.5) is 11.6 Å². The van der Waals surface area contributed by atoms with Crippen LogP contribution in [-0.2, 0) is 4.79 Å². The quantitative estimate of drug-likeness (QED) is 0.873. The molecule has 7 nitrogen and oxygen atoms in total. The fraction of sp³-hybridized carbons (Fsp3) is 0.737. The Morgan fingerprint density at radius 1 is 1.00 bits per heavy atom. The maximum absolute atomic E-state index is 12.6. The van der Waals surface area contributed by atoms with Crippen molar-refractivity contribution in [2.45, 2.75) is 44.6 Å². The Balaban J connectivity index is 1.38. The van der Waals surface area contributed by atoms with E-state index >= 15 is 0 Å². The Morgan fingerprint density at radius 2 is 1.73 bits per heavy atom. The summed E-state index contributed by atoms with van der Waals surface area (Å²) in [5.74, 6) is 2.36. The maximum Gasteiger partial charge on any atom is 0.225 e. The minimum atomic E-state index is 0.168. The SMILES string of the molecule is O=C(C1CCN(c2cc(N3CCCC3CO)ncn2)CC1)N1CCCC1. The lowest BCUT2D eigenvalue weighted by Gasteiger charge is -2.34. The number of carbonyl (C=O) groups excluding carboxylic acids is 1. The summed E-state index contributed by atoms with van der Waals surface area (Å²) < 4.78 is 0. The Bertz CT molecular complexity index is 626. The van der Waals surface area contributed by atoms with E-state index in [0.717, 1.165) is 82.9 Å². The first-order valence-corrected chi connectivity index (χ1v) is 9.99. The molecule has 1 aromatic heterocycles. The third-order valence-electron chi connectivity index (χ3n) is 6.11. The molecule has 0 bridgehead atoms. The predicted molar refractivity (Wildman–Crippen MR) is 100 cm³/mol. The Labute approximate surface area is 155 Å². The fourth-order valence-corrected chi connectivity index (χ4v) is 4.55. The van der Waals surface area contributed by atoms with Gasteiger partial charge in [0, 0.05) is 44.7 Å². The van der Waals surface area contributed by atoms with E-state index in [-0.39, 0.29) is 18.6 Å². The first-order chi connectivity index (χ1) is 12.8. The third-order valence-corrected chi connectivity index (χ3v) is 6.11. The van der Waals surface area contributed by atoms with E-state index in [1.165, 1.54) is 0 Å². The highest BCUT2D eigenvalue weighted by molar-refractivity contribution is 5.79. The summed E-state index contributed by atoms with van der Waals surface area (Å²) in [6.07, 6.45) is 7.84. The molecule has 142 valence electrons. The van der Waals surface area contributed by atoms with Crippen LogP contribution in [0.1, 0.15) is 38.5 Å². The van der Waals surface area contributed by atoms with E-state index in [0.29, 0.717) is 5.91 Å². The number of hydrogen-bond acceptors (Lipinski definition) is 6. The molecule has 3 aliphatic heterocycles. The monoisotopic (exact) mass is 359 g/mol. The summed E-state index contributed by atoms with van der Waals surface area (Å²) >= 11 is 0. The van der Waals surface area contributed by atoms with Crippen LogP contribution in [0.3, 0.4) is 0 Å². The van der Waals surface area contributed by atoms with Crippen molar-refractivity contribution in [3.8, 4) is 0 Å². The molecule has 1 amide bonds. The van der Waals surface area contributed by atoms with Gasteiger partial charge in [0.05, 0.1) is 12.6 Å². The van der Waals surface area contributed by atoms with Gasteiger partial charge in [0.15, 0.2) is 0 Å². The number of nitrogens with zero attached hydrogens (tertiary/aromatic N) is 5. The number of hydrogen-bond donors (Lipinski definition) is 1. The van der Waals surface area contributed by atoms with Gasteiger partial charge in [-0.1, -0.05) is 0 Å². The molecular formula is C19H29N5O2. The van der Waals surface area contributed by atoms with Gasteiger partial charge in [-0.15, -0.1) is 0 Å². The van der Waals surface area contributed by atoms with Crippen LogP contribution in [0.2, 0.25) is 0 Å². The van der Waals surface area contributed by atoms with Crippen LogP contribution in [0.15, 0.2) is 12.4 Å². The maximum atomic E-state index is 12.6. The van der Waals surface area contributed by atoms with Gasteiger partial charge in [-0.25, -0.2) is 9.97 Å². The molecule has 1 N–H and O–H groups in total. The lowest BCUT2D eigenvalue weighted by Crippen LogP contribution is -2.42.